The largest absolute Gasteiger partial charge is 0.463 e. The van der Waals surface area contributed by atoms with Gasteiger partial charge in [0, 0.05) is 24.5 Å². The maximum atomic E-state index is 12.3. The second kappa shape index (κ2) is 7.11. The summed E-state index contributed by atoms with van der Waals surface area (Å²) in [7, 11) is 0. The fourth-order valence-corrected chi connectivity index (χ4v) is 2.50. The molecule has 0 aromatic carbocycles. The third kappa shape index (κ3) is 3.65. The Morgan fingerprint density at radius 2 is 2.44 bits per heavy atom. The number of rotatable bonds is 5. The molecule has 3 heterocycles. The van der Waals surface area contributed by atoms with Gasteiger partial charge in [0.2, 0.25) is 0 Å². The van der Waals surface area contributed by atoms with E-state index in [0.717, 1.165) is 0 Å². The van der Waals surface area contributed by atoms with Crippen molar-refractivity contribution < 1.29 is 14.3 Å². The second-order valence-electron chi connectivity index (χ2n) is 5.26. The van der Waals surface area contributed by atoms with E-state index < -0.39 is 30.0 Å². The van der Waals surface area contributed by atoms with Crippen molar-refractivity contribution in [3.8, 4) is 5.82 Å². The molecule has 1 aliphatic rings. The van der Waals surface area contributed by atoms with Crippen LogP contribution in [0.15, 0.2) is 34.8 Å². The highest BCUT2D eigenvalue weighted by Crippen LogP contribution is 2.30. The molecule has 0 bridgehead atoms. The normalized spacial score (nSPS) is 22.4. The van der Waals surface area contributed by atoms with Gasteiger partial charge in [-0.25, -0.2) is 14.5 Å². The molecule has 0 saturated carbocycles. The third-order valence-corrected chi connectivity index (χ3v) is 3.63. The quantitative estimate of drug-likeness (QED) is 0.328. The molecule has 0 radical (unpaired) electrons. The number of carbonyl (C=O) groups excluding carboxylic acids is 1. The first kappa shape index (κ1) is 16.6. The van der Waals surface area contributed by atoms with E-state index in [0.29, 0.717) is 5.82 Å². The minimum absolute atomic E-state index is 0.0608. The first-order chi connectivity index (χ1) is 12.1. The number of ether oxygens (including phenoxy) is 2. The number of hydrogen-bond acceptors (Lipinski definition) is 8. The van der Waals surface area contributed by atoms with Crippen LogP contribution in [-0.4, -0.2) is 49.0 Å². The van der Waals surface area contributed by atoms with Crippen molar-refractivity contribution in [2.45, 2.75) is 31.7 Å². The zero-order valence-corrected chi connectivity index (χ0v) is 13.2. The van der Waals surface area contributed by atoms with Gasteiger partial charge in [0.25, 0.3) is 0 Å². The van der Waals surface area contributed by atoms with Crippen molar-refractivity contribution in [3.63, 3.8) is 0 Å². The van der Waals surface area contributed by atoms with E-state index in [2.05, 4.69) is 25.1 Å². The summed E-state index contributed by atoms with van der Waals surface area (Å²) in [5.74, 6) is -0.150. The molecule has 0 N–H and O–H groups in total. The lowest BCUT2D eigenvalue weighted by Crippen LogP contribution is -2.29. The Balaban J connectivity index is 1.80. The number of nitrogens with zero attached hydrogens (tertiary/aromatic N) is 8. The maximum Gasteiger partial charge on any atom is 0.351 e. The van der Waals surface area contributed by atoms with Crippen LogP contribution >= 0.6 is 0 Å². The van der Waals surface area contributed by atoms with Gasteiger partial charge in [-0.3, -0.25) is 9.36 Å². The molecule has 1 fully saturated rings. The van der Waals surface area contributed by atoms with E-state index in [9.17, 15) is 9.59 Å². The van der Waals surface area contributed by atoms with Crippen LogP contribution in [0.5, 0.6) is 0 Å². The molecule has 0 unspecified atom stereocenters. The summed E-state index contributed by atoms with van der Waals surface area (Å²) >= 11 is 0. The Hall–Kier alpha value is -3.24. The molecule has 12 heteroatoms. The summed E-state index contributed by atoms with van der Waals surface area (Å²) in [5.41, 5.74) is 8.12. The van der Waals surface area contributed by atoms with Crippen molar-refractivity contribution in [1.29, 1.82) is 0 Å². The Kier molecular flexibility index (Phi) is 4.73. The van der Waals surface area contributed by atoms with Crippen molar-refractivity contribution in [1.82, 2.24) is 24.3 Å². The SMILES string of the molecule is CC(=O)OC[C@H]1O[C@@H](n2ccc(-n3cncn3)nc2=O)C[C@@H]1N=[N+]=[N-]. The minimum Gasteiger partial charge on any atom is -0.463 e. The minimum atomic E-state index is -0.680. The summed E-state index contributed by atoms with van der Waals surface area (Å²) in [6, 6.07) is 1.03. The van der Waals surface area contributed by atoms with Gasteiger partial charge in [0.05, 0.1) is 6.04 Å². The van der Waals surface area contributed by atoms with E-state index in [4.69, 9.17) is 15.0 Å². The Bertz CT molecular complexity index is 857. The van der Waals surface area contributed by atoms with E-state index >= 15 is 0 Å². The summed E-state index contributed by atoms with van der Waals surface area (Å²) in [4.78, 5) is 33.7. The summed E-state index contributed by atoms with van der Waals surface area (Å²) in [6.07, 6.45) is 3.22. The van der Waals surface area contributed by atoms with Crippen LogP contribution in [0.4, 0.5) is 0 Å². The molecule has 2 aromatic rings. The Morgan fingerprint density at radius 3 is 3.08 bits per heavy atom. The molecule has 2 aromatic heterocycles. The predicted molar refractivity (Wildman–Crippen MR) is 81.5 cm³/mol. The molecule has 1 saturated heterocycles. The Labute approximate surface area is 140 Å². The Morgan fingerprint density at radius 1 is 1.60 bits per heavy atom. The van der Waals surface area contributed by atoms with E-state index in [-0.39, 0.29) is 13.0 Å². The van der Waals surface area contributed by atoms with Crippen LogP contribution in [-0.2, 0) is 14.3 Å². The maximum absolute atomic E-state index is 12.3. The number of azide groups is 1. The molecular formula is C13H14N8O4. The fraction of sp³-hybridized carbons (Fsp3) is 0.462. The van der Waals surface area contributed by atoms with Crippen LogP contribution < -0.4 is 5.69 Å². The summed E-state index contributed by atoms with van der Waals surface area (Å²) in [6.45, 7) is 1.21. The van der Waals surface area contributed by atoms with Crippen LogP contribution in [0.3, 0.4) is 0 Å². The number of aromatic nitrogens is 5. The van der Waals surface area contributed by atoms with Gasteiger partial charge in [-0.1, -0.05) is 5.11 Å². The van der Waals surface area contributed by atoms with E-state index in [1.165, 1.54) is 35.0 Å². The predicted octanol–water partition coefficient (Wildman–Crippen LogP) is 0.353. The van der Waals surface area contributed by atoms with E-state index in [1.807, 2.05) is 0 Å². The zero-order valence-electron chi connectivity index (χ0n) is 13.2. The molecule has 0 amide bonds. The third-order valence-electron chi connectivity index (χ3n) is 3.63. The first-order valence-corrected chi connectivity index (χ1v) is 7.35. The van der Waals surface area contributed by atoms with Crippen molar-refractivity contribution in [3.05, 3.63) is 45.8 Å². The molecule has 12 nitrogen and oxygen atoms in total. The van der Waals surface area contributed by atoms with Crippen molar-refractivity contribution >= 4 is 5.97 Å². The zero-order chi connectivity index (χ0) is 17.8. The standard InChI is InChI=1S/C13H14N8O4/c1-8(22)24-5-10-9(18-19-14)4-12(25-10)20-3-2-11(17-13(20)23)21-7-15-6-16-21/h2-3,6-7,9-10,12H,4-5H2,1H3/t9-,10+,12+/m0/s1. The summed E-state index contributed by atoms with van der Waals surface area (Å²) in [5, 5.41) is 7.56. The molecule has 0 spiro atoms. The second-order valence-corrected chi connectivity index (χ2v) is 5.26. The molecule has 1 aliphatic heterocycles. The molecule has 3 atom stereocenters. The highest BCUT2D eigenvalue weighted by atomic mass is 16.6. The van der Waals surface area contributed by atoms with Gasteiger partial charge in [0.1, 0.15) is 31.6 Å². The van der Waals surface area contributed by atoms with Crippen LogP contribution in [0.2, 0.25) is 0 Å². The average Bonchev–Trinajstić information content (AvgIpc) is 3.23. The van der Waals surface area contributed by atoms with Crippen molar-refractivity contribution in [2.75, 3.05) is 6.61 Å². The van der Waals surface area contributed by atoms with Gasteiger partial charge in [-0.05, 0) is 11.6 Å². The highest BCUT2D eigenvalue weighted by molar-refractivity contribution is 5.65. The van der Waals surface area contributed by atoms with Gasteiger partial charge >= 0.3 is 11.7 Å². The van der Waals surface area contributed by atoms with Crippen LogP contribution in [0, 0.1) is 0 Å². The lowest BCUT2D eigenvalue weighted by molar-refractivity contribution is -0.146. The van der Waals surface area contributed by atoms with E-state index in [1.54, 1.807) is 6.07 Å². The van der Waals surface area contributed by atoms with Crippen LogP contribution in [0.25, 0.3) is 16.3 Å². The highest BCUT2D eigenvalue weighted by Gasteiger charge is 2.37. The molecule has 25 heavy (non-hydrogen) atoms. The average molecular weight is 346 g/mol. The van der Waals surface area contributed by atoms with Gasteiger partial charge in [-0.15, -0.1) is 0 Å². The van der Waals surface area contributed by atoms with Crippen LogP contribution in [0.1, 0.15) is 19.6 Å². The first-order valence-electron chi connectivity index (χ1n) is 7.35. The van der Waals surface area contributed by atoms with Crippen molar-refractivity contribution in [2.24, 2.45) is 5.11 Å². The smallest absolute Gasteiger partial charge is 0.351 e. The molecule has 0 aliphatic carbocycles. The topological polar surface area (TPSA) is 150 Å². The number of esters is 1. The molecular weight excluding hydrogens is 332 g/mol. The summed E-state index contributed by atoms with van der Waals surface area (Å²) < 4.78 is 13.3. The molecule has 130 valence electrons. The fourth-order valence-electron chi connectivity index (χ4n) is 2.50. The molecule has 3 rings (SSSR count). The monoisotopic (exact) mass is 346 g/mol. The lowest BCUT2D eigenvalue weighted by atomic mass is 10.1. The number of hydrogen-bond donors (Lipinski definition) is 0. The van der Waals surface area contributed by atoms with Gasteiger partial charge < -0.3 is 9.47 Å². The lowest BCUT2D eigenvalue weighted by Gasteiger charge is -2.16. The van der Waals surface area contributed by atoms with Gasteiger partial charge in [0.15, 0.2) is 5.82 Å². The van der Waals surface area contributed by atoms with Gasteiger partial charge in [-0.2, -0.15) is 10.1 Å². The number of carbonyl (C=O) groups is 1.